The second kappa shape index (κ2) is 11.0. The number of alkyl carbamates (subject to hydrolysis) is 1. The Bertz CT molecular complexity index is 1040. The molecule has 0 aromatic heterocycles. The van der Waals surface area contributed by atoms with Gasteiger partial charge in [-0.1, -0.05) is 24.3 Å². The number of carbonyl (C=O) groups is 3. The summed E-state index contributed by atoms with van der Waals surface area (Å²) in [6, 6.07) is 10.2. The zero-order valence-corrected chi connectivity index (χ0v) is 20.9. The molecule has 184 valence electrons. The van der Waals surface area contributed by atoms with Gasteiger partial charge in [0.1, 0.15) is 23.4 Å². The van der Waals surface area contributed by atoms with Gasteiger partial charge in [-0.05, 0) is 83.4 Å². The van der Waals surface area contributed by atoms with Crippen molar-refractivity contribution in [3.63, 3.8) is 0 Å². The molecule has 2 unspecified atom stereocenters. The fourth-order valence-electron chi connectivity index (χ4n) is 3.50. The summed E-state index contributed by atoms with van der Waals surface area (Å²) < 4.78 is 5.26. The van der Waals surface area contributed by atoms with Gasteiger partial charge in [0.05, 0.1) is 0 Å². The fraction of sp³-hybridized carbons (Fsp3) is 0.423. The predicted octanol–water partition coefficient (Wildman–Crippen LogP) is 4.45. The van der Waals surface area contributed by atoms with E-state index in [0.717, 1.165) is 5.56 Å². The number of anilines is 1. The van der Waals surface area contributed by atoms with Crippen LogP contribution in [0.25, 0.3) is 0 Å². The Balaban J connectivity index is 2.39. The fourth-order valence-corrected chi connectivity index (χ4v) is 3.50. The molecule has 0 aliphatic carbocycles. The molecule has 0 aliphatic rings. The number of hydrogen-bond donors (Lipinski definition) is 3. The average Bonchev–Trinajstić information content (AvgIpc) is 2.73. The van der Waals surface area contributed by atoms with Crippen molar-refractivity contribution >= 4 is 23.6 Å². The van der Waals surface area contributed by atoms with E-state index in [0.29, 0.717) is 16.8 Å². The summed E-state index contributed by atoms with van der Waals surface area (Å²) in [6.07, 6.45) is -0.717. The molecule has 8 heteroatoms. The topological polar surface area (TPSA) is 108 Å². The summed E-state index contributed by atoms with van der Waals surface area (Å²) in [7, 11) is 0. The summed E-state index contributed by atoms with van der Waals surface area (Å²) in [5.41, 5.74) is 1.93. The summed E-state index contributed by atoms with van der Waals surface area (Å²) in [5, 5.41) is 15.4. The van der Waals surface area contributed by atoms with Crippen molar-refractivity contribution in [3.8, 4) is 5.75 Å². The Morgan fingerprint density at radius 1 is 1.06 bits per heavy atom. The van der Waals surface area contributed by atoms with Crippen LogP contribution in [-0.2, 0) is 14.3 Å². The summed E-state index contributed by atoms with van der Waals surface area (Å²) in [4.78, 5) is 40.5. The number of hydrogen-bond acceptors (Lipinski definition) is 5. The SMILES string of the molecule is CCN(C(=O)C(C)NC(=O)OC(C)(C)C)C(C(=O)Nc1ccccc1C)c1ccc(O)c(C)c1. The van der Waals surface area contributed by atoms with Crippen molar-refractivity contribution in [2.24, 2.45) is 0 Å². The van der Waals surface area contributed by atoms with Crippen molar-refractivity contribution < 1.29 is 24.2 Å². The highest BCUT2D eigenvalue weighted by Gasteiger charge is 2.34. The highest BCUT2D eigenvalue weighted by Crippen LogP contribution is 2.28. The number of para-hydroxylation sites is 1. The molecular formula is C26H35N3O5. The van der Waals surface area contributed by atoms with Gasteiger partial charge in [0.15, 0.2) is 0 Å². The molecule has 0 saturated heterocycles. The third kappa shape index (κ3) is 6.97. The van der Waals surface area contributed by atoms with Gasteiger partial charge in [-0.15, -0.1) is 0 Å². The number of nitrogens with one attached hydrogen (secondary N) is 2. The molecule has 0 saturated carbocycles. The first-order chi connectivity index (χ1) is 15.8. The van der Waals surface area contributed by atoms with Crippen LogP contribution in [0.15, 0.2) is 42.5 Å². The molecular weight excluding hydrogens is 434 g/mol. The summed E-state index contributed by atoms with van der Waals surface area (Å²) >= 11 is 0. The van der Waals surface area contributed by atoms with Gasteiger partial charge in [0.25, 0.3) is 5.91 Å². The van der Waals surface area contributed by atoms with E-state index in [9.17, 15) is 19.5 Å². The molecule has 0 bridgehead atoms. The van der Waals surface area contributed by atoms with Crippen LogP contribution in [0.4, 0.5) is 10.5 Å². The number of amides is 3. The van der Waals surface area contributed by atoms with E-state index >= 15 is 0 Å². The van der Waals surface area contributed by atoms with Crippen molar-refractivity contribution in [3.05, 3.63) is 59.2 Å². The zero-order chi connectivity index (χ0) is 25.6. The van der Waals surface area contributed by atoms with E-state index < -0.39 is 35.6 Å². The minimum Gasteiger partial charge on any atom is -0.508 e. The largest absolute Gasteiger partial charge is 0.508 e. The molecule has 0 heterocycles. The molecule has 2 atom stereocenters. The summed E-state index contributed by atoms with van der Waals surface area (Å²) in [5.74, 6) is -0.751. The molecule has 0 aliphatic heterocycles. The molecule has 3 amide bonds. The van der Waals surface area contributed by atoms with Crippen LogP contribution in [0, 0.1) is 13.8 Å². The normalized spacial score (nSPS) is 12.9. The maximum absolute atomic E-state index is 13.5. The highest BCUT2D eigenvalue weighted by molar-refractivity contribution is 5.99. The Labute approximate surface area is 201 Å². The maximum atomic E-state index is 13.5. The molecule has 2 rings (SSSR count). The molecule has 8 nitrogen and oxygen atoms in total. The average molecular weight is 470 g/mol. The van der Waals surface area contributed by atoms with E-state index in [1.807, 2.05) is 25.1 Å². The zero-order valence-electron chi connectivity index (χ0n) is 20.9. The lowest BCUT2D eigenvalue weighted by Gasteiger charge is -2.33. The van der Waals surface area contributed by atoms with Gasteiger partial charge in [-0.3, -0.25) is 9.59 Å². The second-order valence-corrected chi connectivity index (χ2v) is 9.24. The minimum atomic E-state index is -0.987. The van der Waals surface area contributed by atoms with Gasteiger partial charge in [-0.2, -0.15) is 0 Å². The lowest BCUT2D eigenvalue weighted by Crippen LogP contribution is -2.51. The van der Waals surface area contributed by atoms with Crippen LogP contribution in [0.3, 0.4) is 0 Å². The number of likely N-dealkylation sites (N-methyl/N-ethyl adjacent to an activating group) is 1. The van der Waals surface area contributed by atoms with Crippen LogP contribution >= 0.6 is 0 Å². The van der Waals surface area contributed by atoms with Gasteiger partial charge < -0.3 is 25.4 Å². The van der Waals surface area contributed by atoms with Crippen molar-refractivity contribution in [1.29, 1.82) is 0 Å². The number of nitrogens with zero attached hydrogens (tertiary/aromatic N) is 1. The van der Waals surface area contributed by atoms with Gasteiger partial charge in [0.2, 0.25) is 5.91 Å². The molecule has 0 radical (unpaired) electrons. The molecule has 2 aromatic carbocycles. The number of carbonyl (C=O) groups excluding carboxylic acids is 3. The van der Waals surface area contributed by atoms with Crippen molar-refractivity contribution in [1.82, 2.24) is 10.2 Å². The third-order valence-electron chi connectivity index (χ3n) is 5.23. The lowest BCUT2D eigenvalue weighted by molar-refractivity contribution is -0.140. The minimum absolute atomic E-state index is 0.0937. The van der Waals surface area contributed by atoms with Gasteiger partial charge in [-0.25, -0.2) is 4.79 Å². The van der Waals surface area contributed by atoms with Crippen LogP contribution < -0.4 is 10.6 Å². The number of benzene rings is 2. The first-order valence-electron chi connectivity index (χ1n) is 11.3. The highest BCUT2D eigenvalue weighted by atomic mass is 16.6. The Morgan fingerprint density at radius 3 is 2.26 bits per heavy atom. The Kier molecular flexibility index (Phi) is 8.68. The molecule has 2 aromatic rings. The van der Waals surface area contributed by atoms with E-state index in [-0.39, 0.29) is 12.3 Å². The molecule has 0 spiro atoms. The first-order valence-corrected chi connectivity index (χ1v) is 11.3. The number of phenolic OH excluding ortho intramolecular Hbond substituents is 1. The number of ether oxygens (including phenoxy) is 1. The number of aromatic hydroxyl groups is 1. The predicted molar refractivity (Wildman–Crippen MR) is 132 cm³/mol. The van der Waals surface area contributed by atoms with Gasteiger partial charge in [0, 0.05) is 12.2 Å². The van der Waals surface area contributed by atoms with E-state index in [1.165, 1.54) is 11.0 Å². The van der Waals surface area contributed by atoms with Crippen molar-refractivity contribution in [2.45, 2.75) is 66.2 Å². The molecule has 0 fully saturated rings. The number of phenols is 1. The Hall–Kier alpha value is -3.55. The van der Waals surface area contributed by atoms with E-state index in [4.69, 9.17) is 4.74 Å². The number of aryl methyl sites for hydroxylation is 2. The standard InChI is InChI=1S/C26H35N3O5/c1-8-29(24(32)18(4)27-25(33)34-26(5,6)7)22(19-13-14-21(30)17(3)15-19)23(31)28-20-12-10-9-11-16(20)2/h9-15,18,22,30H,8H2,1-7H3,(H,27,33)(H,28,31). The van der Waals surface area contributed by atoms with Gasteiger partial charge >= 0.3 is 6.09 Å². The second-order valence-electron chi connectivity index (χ2n) is 9.24. The monoisotopic (exact) mass is 469 g/mol. The lowest BCUT2D eigenvalue weighted by atomic mass is 10.00. The smallest absolute Gasteiger partial charge is 0.408 e. The van der Waals surface area contributed by atoms with E-state index in [2.05, 4.69) is 10.6 Å². The first kappa shape index (κ1) is 26.7. The summed E-state index contributed by atoms with van der Waals surface area (Å²) in [6.45, 7) is 12.3. The van der Waals surface area contributed by atoms with Crippen LogP contribution in [0.2, 0.25) is 0 Å². The molecule has 3 N–H and O–H groups in total. The van der Waals surface area contributed by atoms with Crippen molar-refractivity contribution in [2.75, 3.05) is 11.9 Å². The third-order valence-corrected chi connectivity index (χ3v) is 5.23. The van der Waals surface area contributed by atoms with Crippen LogP contribution in [0.5, 0.6) is 5.75 Å². The Morgan fingerprint density at radius 2 is 1.71 bits per heavy atom. The quantitative estimate of drug-likeness (QED) is 0.555. The van der Waals surface area contributed by atoms with Crippen LogP contribution in [0.1, 0.15) is 57.4 Å². The number of rotatable bonds is 7. The molecule has 34 heavy (non-hydrogen) atoms. The van der Waals surface area contributed by atoms with E-state index in [1.54, 1.807) is 59.7 Å². The maximum Gasteiger partial charge on any atom is 0.408 e. The van der Waals surface area contributed by atoms with Crippen LogP contribution in [-0.4, -0.2) is 46.1 Å².